The third-order valence-electron chi connectivity index (χ3n) is 5.20. The predicted molar refractivity (Wildman–Crippen MR) is 123 cm³/mol. The summed E-state index contributed by atoms with van der Waals surface area (Å²) in [4.78, 5) is 16.1. The summed E-state index contributed by atoms with van der Waals surface area (Å²) in [7, 11) is 0. The summed E-state index contributed by atoms with van der Waals surface area (Å²) in [5.41, 5.74) is 2.93. The molecule has 1 heterocycles. The van der Waals surface area contributed by atoms with Gasteiger partial charge < -0.3 is 25.0 Å². The number of amides is 1. The number of rotatable bonds is 10. The minimum absolute atomic E-state index is 0.343. The Morgan fingerprint density at radius 3 is 2.65 bits per heavy atom. The quantitative estimate of drug-likeness (QED) is 0.533. The van der Waals surface area contributed by atoms with E-state index in [9.17, 15) is 9.90 Å². The third kappa shape index (κ3) is 8.34. The lowest BCUT2D eigenvalue weighted by Gasteiger charge is -2.24. The first-order valence-corrected chi connectivity index (χ1v) is 11.1. The van der Waals surface area contributed by atoms with Crippen LogP contribution in [0.15, 0.2) is 36.9 Å². The molecule has 1 aromatic heterocycles. The second-order valence-electron chi connectivity index (χ2n) is 9.28. The maximum Gasteiger partial charge on any atom is 0.407 e. The van der Waals surface area contributed by atoms with Gasteiger partial charge in [-0.3, -0.25) is 0 Å². The fraction of sp³-hybridized carbons (Fsp3) is 0.583. The molecule has 31 heavy (non-hydrogen) atoms. The molecule has 0 fully saturated rings. The van der Waals surface area contributed by atoms with E-state index in [-0.39, 0.29) is 0 Å². The van der Waals surface area contributed by atoms with E-state index < -0.39 is 23.8 Å². The van der Waals surface area contributed by atoms with Gasteiger partial charge in [-0.1, -0.05) is 32.4 Å². The second kappa shape index (κ2) is 11.3. The van der Waals surface area contributed by atoms with Crippen LogP contribution in [0.3, 0.4) is 0 Å². The fourth-order valence-corrected chi connectivity index (χ4v) is 3.23. The molecule has 2 unspecified atom stereocenters. The van der Waals surface area contributed by atoms with Gasteiger partial charge in [0.05, 0.1) is 24.2 Å². The monoisotopic (exact) mass is 430 g/mol. The molecule has 0 bridgehead atoms. The van der Waals surface area contributed by atoms with Gasteiger partial charge in [0.15, 0.2) is 0 Å². The number of alkyl carbamates (subject to hydrolysis) is 1. The van der Waals surface area contributed by atoms with E-state index >= 15 is 0 Å². The van der Waals surface area contributed by atoms with Crippen molar-refractivity contribution in [3.63, 3.8) is 0 Å². The number of aliphatic hydroxyl groups excluding tert-OH is 1. The highest BCUT2D eigenvalue weighted by Crippen LogP contribution is 2.20. The summed E-state index contributed by atoms with van der Waals surface area (Å²) >= 11 is 0. The van der Waals surface area contributed by atoms with Crippen molar-refractivity contribution in [2.45, 2.75) is 78.7 Å². The average Bonchev–Trinajstić information content (AvgIpc) is 3.20. The zero-order chi connectivity index (χ0) is 23.0. The Morgan fingerprint density at radius 1 is 1.29 bits per heavy atom. The van der Waals surface area contributed by atoms with Crippen LogP contribution in [0.25, 0.3) is 5.69 Å². The third-order valence-corrected chi connectivity index (χ3v) is 5.20. The molecule has 0 aliphatic rings. The number of carbonyl (C=O) groups is 1. The Labute approximate surface area is 186 Å². The first-order chi connectivity index (χ1) is 14.6. The van der Waals surface area contributed by atoms with Gasteiger partial charge in [0, 0.05) is 25.5 Å². The zero-order valence-corrected chi connectivity index (χ0v) is 19.7. The van der Waals surface area contributed by atoms with Gasteiger partial charge in [-0.15, -0.1) is 0 Å². The van der Waals surface area contributed by atoms with Crippen molar-refractivity contribution in [2.75, 3.05) is 6.54 Å². The van der Waals surface area contributed by atoms with Crippen LogP contribution in [0.4, 0.5) is 4.79 Å². The van der Waals surface area contributed by atoms with Gasteiger partial charge in [-0.05, 0) is 57.2 Å². The molecule has 172 valence electrons. The molecule has 0 aliphatic heterocycles. The Balaban J connectivity index is 1.99. The molecular formula is C24H38N4O3. The van der Waals surface area contributed by atoms with Crippen molar-refractivity contribution in [1.82, 2.24) is 20.2 Å². The molecule has 2 rings (SSSR count). The van der Waals surface area contributed by atoms with Crippen molar-refractivity contribution >= 4 is 6.09 Å². The maximum atomic E-state index is 11.9. The molecular weight excluding hydrogens is 392 g/mol. The Kier molecular flexibility index (Phi) is 9.07. The molecule has 7 heteroatoms. The molecule has 0 radical (unpaired) electrons. The minimum Gasteiger partial charge on any atom is -0.444 e. The van der Waals surface area contributed by atoms with Crippen LogP contribution in [0.2, 0.25) is 0 Å². The van der Waals surface area contributed by atoms with Crippen LogP contribution < -0.4 is 10.6 Å². The minimum atomic E-state index is -0.743. The Morgan fingerprint density at radius 2 is 2.03 bits per heavy atom. The number of hydrogen-bond donors (Lipinski definition) is 3. The second-order valence-corrected chi connectivity index (χ2v) is 9.28. The van der Waals surface area contributed by atoms with E-state index in [1.54, 1.807) is 19.4 Å². The number of hydrogen-bond acceptors (Lipinski definition) is 5. The number of nitrogens with one attached hydrogen (secondary N) is 2. The number of imidazole rings is 1. The van der Waals surface area contributed by atoms with Crippen LogP contribution in [0.5, 0.6) is 0 Å². The molecule has 0 spiro atoms. The highest BCUT2D eigenvalue weighted by Gasteiger charge is 2.21. The summed E-state index contributed by atoms with van der Waals surface area (Å²) in [6.45, 7) is 12.6. The lowest BCUT2D eigenvalue weighted by atomic mass is 9.97. The number of nitrogens with zero attached hydrogens (tertiary/aromatic N) is 2. The molecule has 7 nitrogen and oxygen atoms in total. The van der Waals surface area contributed by atoms with E-state index in [1.807, 2.05) is 31.5 Å². The van der Waals surface area contributed by atoms with Gasteiger partial charge in [0.1, 0.15) is 5.60 Å². The van der Waals surface area contributed by atoms with Gasteiger partial charge in [0.25, 0.3) is 0 Å². The highest BCUT2D eigenvalue weighted by molar-refractivity contribution is 5.68. The van der Waals surface area contributed by atoms with Gasteiger partial charge in [0.2, 0.25) is 0 Å². The van der Waals surface area contributed by atoms with Crippen molar-refractivity contribution in [2.24, 2.45) is 5.92 Å². The normalized spacial score (nSPS) is 14.7. The molecule has 1 aromatic carbocycles. The number of ether oxygens (including phenoxy) is 1. The van der Waals surface area contributed by atoms with E-state index in [0.717, 1.165) is 24.1 Å². The first-order valence-electron chi connectivity index (χ1n) is 11.1. The van der Waals surface area contributed by atoms with E-state index in [0.29, 0.717) is 19.0 Å². The molecule has 3 N–H and O–H groups in total. The van der Waals surface area contributed by atoms with Crippen molar-refractivity contribution in [3.05, 3.63) is 48.0 Å². The first kappa shape index (κ1) is 24.9. The zero-order valence-electron chi connectivity index (χ0n) is 19.7. The molecule has 0 aliphatic carbocycles. The lowest BCUT2D eigenvalue weighted by Crippen LogP contribution is -2.47. The molecule has 3 atom stereocenters. The Bertz CT molecular complexity index is 815. The van der Waals surface area contributed by atoms with Crippen molar-refractivity contribution in [1.29, 1.82) is 0 Å². The SMILES string of the molecule is CCC(C)Cc1ccc(-n2ccnc2)c(CNC[C@@H](O)C(C)NC(=O)OC(C)(C)C)c1. The average molecular weight is 431 g/mol. The van der Waals surface area contributed by atoms with E-state index in [2.05, 4.69) is 47.7 Å². The molecule has 1 amide bonds. The summed E-state index contributed by atoms with van der Waals surface area (Å²) in [5, 5.41) is 16.5. The van der Waals surface area contributed by atoms with Crippen LogP contribution in [-0.4, -0.2) is 45.0 Å². The van der Waals surface area contributed by atoms with Crippen LogP contribution in [-0.2, 0) is 17.7 Å². The van der Waals surface area contributed by atoms with Crippen LogP contribution in [0, 0.1) is 5.92 Å². The number of carbonyl (C=O) groups excluding carboxylic acids is 1. The summed E-state index contributed by atoms with van der Waals surface area (Å²) in [6.07, 6.45) is 6.38. The fourth-order valence-electron chi connectivity index (χ4n) is 3.23. The summed E-state index contributed by atoms with van der Waals surface area (Å²) in [5.74, 6) is 0.626. The molecule has 0 saturated carbocycles. The van der Waals surface area contributed by atoms with Crippen LogP contribution >= 0.6 is 0 Å². The van der Waals surface area contributed by atoms with E-state index in [4.69, 9.17) is 4.74 Å². The smallest absolute Gasteiger partial charge is 0.407 e. The van der Waals surface area contributed by atoms with Crippen molar-refractivity contribution in [3.8, 4) is 5.69 Å². The predicted octanol–water partition coefficient (Wildman–Crippen LogP) is 3.82. The Hall–Kier alpha value is -2.38. The van der Waals surface area contributed by atoms with Crippen molar-refractivity contribution < 1.29 is 14.6 Å². The molecule has 2 aromatic rings. The number of aliphatic hydroxyl groups is 1. The van der Waals surface area contributed by atoms with Gasteiger partial charge in [-0.2, -0.15) is 0 Å². The highest BCUT2D eigenvalue weighted by atomic mass is 16.6. The topological polar surface area (TPSA) is 88.4 Å². The standard InChI is InChI=1S/C24H38N4O3/c1-7-17(2)12-19-8-9-21(28-11-10-25-16-28)20(13-19)14-26-15-22(29)18(3)27-23(30)31-24(4,5)6/h8-11,13,16-18,22,26,29H,7,12,14-15H2,1-6H3,(H,27,30)/t17?,18?,22-/m1/s1. The molecule has 0 saturated heterocycles. The maximum absolute atomic E-state index is 11.9. The van der Waals surface area contributed by atoms with Gasteiger partial charge in [-0.25, -0.2) is 9.78 Å². The van der Waals surface area contributed by atoms with Gasteiger partial charge >= 0.3 is 6.09 Å². The number of aromatic nitrogens is 2. The van der Waals surface area contributed by atoms with Crippen LogP contribution in [0.1, 0.15) is 59.1 Å². The number of benzene rings is 1. The largest absolute Gasteiger partial charge is 0.444 e. The summed E-state index contributed by atoms with van der Waals surface area (Å²) < 4.78 is 7.25. The lowest BCUT2D eigenvalue weighted by molar-refractivity contribution is 0.0436. The summed E-state index contributed by atoms with van der Waals surface area (Å²) in [6, 6.07) is 6.09. The van der Waals surface area contributed by atoms with E-state index in [1.165, 1.54) is 5.56 Å².